The zero-order valence-electron chi connectivity index (χ0n) is 11.3. The van der Waals surface area contributed by atoms with E-state index in [0.717, 1.165) is 12.3 Å². The van der Waals surface area contributed by atoms with Crippen molar-refractivity contribution in [3.63, 3.8) is 0 Å². The van der Waals surface area contributed by atoms with Gasteiger partial charge in [-0.2, -0.15) is 0 Å². The highest BCUT2D eigenvalue weighted by Crippen LogP contribution is 2.23. The van der Waals surface area contributed by atoms with Crippen LogP contribution in [0.15, 0.2) is 12.1 Å². The van der Waals surface area contributed by atoms with Crippen molar-refractivity contribution in [1.82, 2.24) is 5.32 Å². The summed E-state index contributed by atoms with van der Waals surface area (Å²) in [6.07, 6.45) is 1.40. The molecule has 0 aliphatic carbocycles. The molecule has 0 amide bonds. The number of rotatable bonds is 6. The average molecular weight is 291 g/mol. The topological polar surface area (TPSA) is 46.2 Å². The third-order valence-electron chi connectivity index (χ3n) is 2.88. The molecule has 0 aliphatic heterocycles. The van der Waals surface area contributed by atoms with Crippen LogP contribution in [0.4, 0.5) is 8.78 Å². The normalized spacial score (nSPS) is 13.5. The number of hydrogen-bond donors (Lipinski definition) is 1. The lowest BCUT2D eigenvalue weighted by molar-refractivity contribution is 0.490. The molecule has 0 radical (unpaired) electrons. The molecule has 1 atom stereocenters. The quantitative estimate of drug-likeness (QED) is 0.875. The first-order valence-electron chi connectivity index (χ1n) is 6.11. The van der Waals surface area contributed by atoms with E-state index in [-0.39, 0.29) is 12.2 Å². The highest BCUT2D eigenvalue weighted by atomic mass is 32.2. The van der Waals surface area contributed by atoms with E-state index in [1.807, 2.05) is 6.92 Å². The van der Waals surface area contributed by atoms with Gasteiger partial charge in [-0.15, -0.1) is 0 Å². The lowest BCUT2D eigenvalue weighted by atomic mass is 10.0. The molecule has 6 heteroatoms. The molecular weight excluding hydrogens is 272 g/mol. The Morgan fingerprint density at radius 3 is 2.42 bits per heavy atom. The molecule has 0 heterocycles. The van der Waals surface area contributed by atoms with E-state index in [0.29, 0.717) is 17.7 Å². The van der Waals surface area contributed by atoms with E-state index in [4.69, 9.17) is 0 Å². The molecule has 0 aromatic heterocycles. The SMILES string of the molecule is CCNC(CCS(C)(=O)=O)c1cc(C)c(F)cc1F. The Kier molecular flexibility index (Phi) is 5.43. The Balaban J connectivity index is 3.02. The van der Waals surface area contributed by atoms with Gasteiger partial charge in [0, 0.05) is 23.9 Å². The van der Waals surface area contributed by atoms with Crippen LogP contribution in [0.1, 0.15) is 30.5 Å². The maximum atomic E-state index is 13.8. The predicted molar refractivity (Wildman–Crippen MR) is 71.8 cm³/mol. The Morgan fingerprint density at radius 2 is 1.89 bits per heavy atom. The van der Waals surface area contributed by atoms with Gasteiger partial charge in [0.2, 0.25) is 0 Å². The lowest BCUT2D eigenvalue weighted by Gasteiger charge is -2.19. The largest absolute Gasteiger partial charge is 0.310 e. The number of hydrogen-bond acceptors (Lipinski definition) is 3. The summed E-state index contributed by atoms with van der Waals surface area (Å²) in [7, 11) is -3.11. The molecule has 0 bridgehead atoms. The van der Waals surface area contributed by atoms with Gasteiger partial charge in [-0.05, 0) is 31.5 Å². The summed E-state index contributed by atoms with van der Waals surface area (Å²) in [6, 6.07) is 1.84. The van der Waals surface area contributed by atoms with Crippen LogP contribution in [0, 0.1) is 18.6 Å². The van der Waals surface area contributed by atoms with Crippen molar-refractivity contribution >= 4 is 9.84 Å². The second kappa shape index (κ2) is 6.43. The molecule has 0 aliphatic rings. The van der Waals surface area contributed by atoms with Gasteiger partial charge in [-0.3, -0.25) is 0 Å². The summed E-state index contributed by atoms with van der Waals surface area (Å²) < 4.78 is 49.4. The first kappa shape index (κ1) is 16.0. The molecule has 108 valence electrons. The van der Waals surface area contributed by atoms with Gasteiger partial charge < -0.3 is 5.32 Å². The van der Waals surface area contributed by atoms with E-state index >= 15 is 0 Å². The van der Waals surface area contributed by atoms with Crippen molar-refractivity contribution in [2.24, 2.45) is 0 Å². The number of benzene rings is 1. The first-order valence-corrected chi connectivity index (χ1v) is 8.17. The molecule has 0 fully saturated rings. The second-order valence-corrected chi connectivity index (χ2v) is 6.91. The summed E-state index contributed by atoms with van der Waals surface area (Å²) in [5, 5.41) is 3.03. The molecule has 19 heavy (non-hydrogen) atoms. The number of aryl methyl sites for hydroxylation is 1. The summed E-state index contributed by atoms with van der Waals surface area (Å²) >= 11 is 0. The van der Waals surface area contributed by atoms with Crippen molar-refractivity contribution in [1.29, 1.82) is 0 Å². The maximum absolute atomic E-state index is 13.8. The minimum absolute atomic E-state index is 0.0411. The fraction of sp³-hybridized carbons (Fsp3) is 0.538. The number of sulfone groups is 1. The highest BCUT2D eigenvalue weighted by molar-refractivity contribution is 7.90. The highest BCUT2D eigenvalue weighted by Gasteiger charge is 2.18. The van der Waals surface area contributed by atoms with Gasteiger partial charge in [-0.1, -0.05) is 6.92 Å². The zero-order valence-corrected chi connectivity index (χ0v) is 12.2. The fourth-order valence-corrected chi connectivity index (χ4v) is 2.56. The minimum Gasteiger partial charge on any atom is -0.310 e. The van der Waals surface area contributed by atoms with Crippen LogP contribution in [-0.4, -0.2) is 27.0 Å². The second-order valence-electron chi connectivity index (χ2n) is 4.65. The molecule has 1 rings (SSSR count). The summed E-state index contributed by atoms with van der Waals surface area (Å²) in [5.41, 5.74) is 0.656. The molecule has 3 nitrogen and oxygen atoms in total. The van der Waals surface area contributed by atoms with Gasteiger partial charge >= 0.3 is 0 Å². The Labute approximate surface area is 112 Å². The lowest BCUT2D eigenvalue weighted by Crippen LogP contribution is -2.24. The number of nitrogens with one attached hydrogen (secondary N) is 1. The zero-order chi connectivity index (χ0) is 14.6. The third kappa shape index (κ3) is 4.87. The fourth-order valence-electron chi connectivity index (χ4n) is 1.89. The minimum atomic E-state index is -3.11. The molecule has 1 aromatic rings. The molecule has 1 unspecified atom stereocenters. The van der Waals surface area contributed by atoms with Crippen molar-refractivity contribution in [2.45, 2.75) is 26.3 Å². The monoisotopic (exact) mass is 291 g/mol. The molecule has 1 N–H and O–H groups in total. The van der Waals surface area contributed by atoms with Crippen molar-refractivity contribution in [3.8, 4) is 0 Å². The summed E-state index contributed by atoms with van der Waals surface area (Å²) in [5.74, 6) is -1.29. The third-order valence-corrected chi connectivity index (χ3v) is 3.86. The van der Waals surface area contributed by atoms with E-state index in [1.165, 1.54) is 6.07 Å². The molecular formula is C13H19F2NO2S. The van der Waals surface area contributed by atoms with E-state index in [1.54, 1.807) is 6.92 Å². The Hall–Kier alpha value is -1.01. The van der Waals surface area contributed by atoms with Crippen LogP contribution in [-0.2, 0) is 9.84 Å². The molecule has 0 saturated carbocycles. The summed E-state index contributed by atoms with van der Waals surface area (Å²) in [6.45, 7) is 3.98. The van der Waals surface area contributed by atoms with Gasteiger partial charge in [0.25, 0.3) is 0 Å². The van der Waals surface area contributed by atoms with Crippen LogP contribution in [0.5, 0.6) is 0 Å². The summed E-state index contributed by atoms with van der Waals surface area (Å²) in [4.78, 5) is 0. The van der Waals surface area contributed by atoms with Gasteiger partial charge in [-0.25, -0.2) is 17.2 Å². The smallest absolute Gasteiger partial charge is 0.147 e. The van der Waals surface area contributed by atoms with Crippen LogP contribution in [0.25, 0.3) is 0 Å². The first-order chi connectivity index (χ1) is 8.74. The van der Waals surface area contributed by atoms with E-state index < -0.39 is 27.5 Å². The van der Waals surface area contributed by atoms with Gasteiger partial charge in [0.1, 0.15) is 21.5 Å². The standard InChI is InChI=1S/C13H19F2NO2S/c1-4-16-13(5-6-19(3,17)18)10-7-9(2)11(14)8-12(10)15/h7-8,13,16H,4-6H2,1-3H3. The van der Waals surface area contributed by atoms with Crippen LogP contribution in [0.2, 0.25) is 0 Å². The molecule has 0 spiro atoms. The van der Waals surface area contributed by atoms with Gasteiger partial charge in [0.15, 0.2) is 0 Å². The average Bonchev–Trinajstić information content (AvgIpc) is 2.28. The van der Waals surface area contributed by atoms with Crippen LogP contribution < -0.4 is 5.32 Å². The number of halogens is 2. The van der Waals surface area contributed by atoms with Crippen LogP contribution in [0.3, 0.4) is 0 Å². The Bertz CT molecular complexity index is 544. The molecule has 0 saturated heterocycles. The van der Waals surface area contributed by atoms with E-state index in [2.05, 4.69) is 5.32 Å². The maximum Gasteiger partial charge on any atom is 0.147 e. The van der Waals surface area contributed by atoms with E-state index in [9.17, 15) is 17.2 Å². The predicted octanol–water partition coefficient (Wildman–Crippen LogP) is 2.36. The Morgan fingerprint density at radius 1 is 1.26 bits per heavy atom. The molecule has 1 aromatic carbocycles. The van der Waals surface area contributed by atoms with Gasteiger partial charge in [0.05, 0.1) is 5.75 Å². The van der Waals surface area contributed by atoms with Crippen molar-refractivity contribution in [2.75, 3.05) is 18.6 Å². The van der Waals surface area contributed by atoms with Crippen molar-refractivity contribution < 1.29 is 17.2 Å². The van der Waals surface area contributed by atoms with Crippen LogP contribution >= 0.6 is 0 Å². The van der Waals surface area contributed by atoms with Crippen molar-refractivity contribution in [3.05, 3.63) is 34.9 Å².